The van der Waals surface area contributed by atoms with Gasteiger partial charge >= 0.3 is 0 Å². The Labute approximate surface area is 169 Å². The van der Waals surface area contributed by atoms with E-state index in [2.05, 4.69) is 20.7 Å². The van der Waals surface area contributed by atoms with Crippen LogP contribution in [0.5, 0.6) is 0 Å². The van der Waals surface area contributed by atoms with Crippen LogP contribution >= 0.6 is 0 Å². The molecule has 0 spiro atoms. The van der Waals surface area contributed by atoms with Crippen molar-refractivity contribution in [1.82, 2.24) is 20.4 Å². The zero-order valence-electron chi connectivity index (χ0n) is 16.7. The van der Waals surface area contributed by atoms with Crippen LogP contribution in [0.4, 0.5) is 5.69 Å². The summed E-state index contributed by atoms with van der Waals surface area (Å²) in [7, 11) is 1.67. The third-order valence-electron chi connectivity index (χ3n) is 4.53. The van der Waals surface area contributed by atoms with E-state index < -0.39 is 0 Å². The number of hydrogen-bond donors (Lipinski definition) is 2. The summed E-state index contributed by atoms with van der Waals surface area (Å²) in [6, 6.07) is 16.7. The van der Waals surface area contributed by atoms with Gasteiger partial charge in [-0.1, -0.05) is 36.4 Å². The molecule has 3 aromatic rings. The van der Waals surface area contributed by atoms with E-state index in [0.717, 1.165) is 22.6 Å². The standard InChI is InChI=1S/C21H24N6O2/c1-15-12-16(2)26(25-15)19-10-6-4-8-17(19)13-23-21(22-3)24-14-18-9-5-7-11-20(18)27(28)29/h4-12H,13-14H2,1-3H3,(H2,22,23,24). The average molecular weight is 392 g/mol. The van der Waals surface area contributed by atoms with Crippen molar-refractivity contribution < 1.29 is 4.92 Å². The van der Waals surface area contributed by atoms with Gasteiger partial charge in [-0.25, -0.2) is 4.68 Å². The molecular weight excluding hydrogens is 368 g/mol. The van der Waals surface area contributed by atoms with Gasteiger partial charge in [0.2, 0.25) is 0 Å². The lowest BCUT2D eigenvalue weighted by molar-refractivity contribution is -0.385. The van der Waals surface area contributed by atoms with Crippen LogP contribution in [0.3, 0.4) is 0 Å². The second-order valence-corrected chi connectivity index (χ2v) is 6.63. The number of aliphatic imine (C=N–C) groups is 1. The third kappa shape index (κ3) is 4.78. The van der Waals surface area contributed by atoms with Crippen molar-refractivity contribution in [1.29, 1.82) is 0 Å². The predicted molar refractivity (Wildman–Crippen MR) is 113 cm³/mol. The summed E-state index contributed by atoms with van der Waals surface area (Å²) in [6.45, 7) is 4.83. The smallest absolute Gasteiger partial charge is 0.274 e. The van der Waals surface area contributed by atoms with Crippen molar-refractivity contribution in [3.8, 4) is 5.69 Å². The van der Waals surface area contributed by atoms with Crippen LogP contribution in [0.15, 0.2) is 59.6 Å². The Morgan fingerprint density at radius 1 is 1.07 bits per heavy atom. The minimum atomic E-state index is -0.377. The fourth-order valence-corrected chi connectivity index (χ4v) is 3.16. The molecule has 2 aromatic carbocycles. The number of nitrogens with zero attached hydrogens (tertiary/aromatic N) is 4. The maximum atomic E-state index is 11.2. The second-order valence-electron chi connectivity index (χ2n) is 6.63. The molecule has 29 heavy (non-hydrogen) atoms. The first-order valence-corrected chi connectivity index (χ1v) is 9.28. The van der Waals surface area contributed by atoms with E-state index in [-0.39, 0.29) is 10.6 Å². The molecule has 0 aliphatic heterocycles. The molecule has 3 rings (SSSR count). The molecule has 0 unspecified atom stereocenters. The van der Waals surface area contributed by atoms with Crippen molar-refractivity contribution in [2.45, 2.75) is 26.9 Å². The number of hydrogen-bond acceptors (Lipinski definition) is 4. The minimum absolute atomic E-state index is 0.0883. The molecule has 0 aliphatic carbocycles. The minimum Gasteiger partial charge on any atom is -0.352 e. The number of benzene rings is 2. The molecule has 0 bridgehead atoms. The summed E-state index contributed by atoms with van der Waals surface area (Å²) >= 11 is 0. The molecule has 2 N–H and O–H groups in total. The zero-order valence-corrected chi connectivity index (χ0v) is 16.7. The van der Waals surface area contributed by atoms with Gasteiger partial charge < -0.3 is 10.6 Å². The summed E-state index contributed by atoms with van der Waals surface area (Å²) in [5.41, 5.74) is 4.78. The first-order chi connectivity index (χ1) is 14.0. The van der Waals surface area contributed by atoms with Crippen molar-refractivity contribution in [2.75, 3.05) is 7.05 Å². The van der Waals surface area contributed by atoms with Crippen molar-refractivity contribution in [2.24, 2.45) is 4.99 Å². The molecule has 0 radical (unpaired) electrons. The van der Waals surface area contributed by atoms with E-state index in [4.69, 9.17) is 0 Å². The number of guanidine groups is 1. The first-order valence-electron chi connectivity index (χ1n) is 9.28. The molecule has 0 aliphatic rings. The summed E-state index contributed by atoms with van der Waals surface area (Å²) in [4.78, 5) is 15.0. The Hall–Kier alpha value is -3.68. The molecule has 1 heterocycles. The molecule has 8 nitrogen and oxygen atoms in total. The number of para-hydroxylation sites is 2. The number of aryl methyl sites for hydroxylation is 2. The highest BCUT2D eigenvalue weighted by atomic mass is 16.6. The molecule has 150 valence electrons. The Bertz CT molecular complexity index is 1040. The van der Waals surface area contributed by atoms with Crippen LogP contribution in [-0.2, 0) is 13.1 Å². The van der Waals surface area contributed by atoms with Crippen molar-refractivity contribution in [3.05, 3.63) is 87.2 Å². The summed E-state index contributed by atoms with van der Waals surface area (Å²) in [5.74, 6) is 0.561. The van der Waals surface area contributed by atoms with Gasteiger partial charge in [-0.15, -0.1) is 0 Å². The van der Waals surface area contributed by atoms with E-state index in [1.165, 1.54) is 6.07 Å². The Kier molecular flexibility index (Phi) is 6.23. The number of nitro benzene ring substituents is 1. The number of aromatic nitrogens is 2. The highest BCUT2D eigenvalue weighted by molar-refractivity contribution is 5.79. The van der Waals surface area contributed by atoms with Gasteiger partial charge in [0.15, 0.2) is 5.96 Å². The van der Waals surface area contributed by atoms with Gasteiger partial charge in [-0.3, -0.25) is 15.1 Å². The van der Waals surface area contributed by atoms with Crippen LogP contribution in [0.2, 0.25) is 0 Å². The van der Waals surface area contributed by atoms with Gasteiger partial charge in [-0.05, 0) is 31.5 Å². The van der Waals surface area contributed by atoms with Crippen LogP contribution in [-0.4, -0.2) is 27.7 Å². The maximum Gasteiger partial charge on any atom is 0.274 e. The lowest BCUT2D eigenvalue weighted by Gasteiger charge is -2.15. The van der Waals surface area contributed by atoms with Gasteiger partial charge in [0.05, 0.1) is 16.3 Å². The Morgan fingerprint density at radius 2 is 1.69 bits per heavy atom. The van der Waals surface area contributed by atoms with Crippen molar-refractivity contribution in [3.63, 3.8) is 0 Å². The van der Waals surface area contributed by atoms with Gasteiger partial charge in [0, 0.05) is 37.5 Å². The van der Waals surface area contributed by atoms with Gasteiger partial charge in [0.25, 0.3) is 5.69 Å². The van der Waals surface area contributed by atoms with Crippen LogP contribution < -0.4 is 10.6 Å². The quantitative estimate of drug-likeness (QED) is 0.290. The van der Waals surface area contributed by atoms with Gasteiger partial charge in [-0.2, -0.15) is 5.10 Å². The summed E-state index contributed by atoms with van der Waals surface area (Å²) in [5, 5.41) is 22.1. The molecule has 1 aromatic heterocycles. The zero-order chi connectivity index (χ0) is 20.8. The molecule has 0 saturated carbocycles. The maximum absolute atomic E-state index is 11.2. The fraction of sp³-hybridized carbons (Fsp3) is 0.238. The number of rotatable bonds is 6. The largest absolute Gasteiger partial charge is 0.352 e. The highest BCUT2D eigenvalue weighted by Crippen LogP contribution is 2.18. The molecule has 0 saturated heterocycles. The molecule has 0 fully saturated rings. The topological polar surface area (TPSA) is 97.4 Å². The Morgan fingerprint density at radius 3 is 2.31 bits per heavy atom. The van der Waals surface area contributed by atoms with E-state index in [9.17, 15) is 10.1 Å². The van der Waals surface area contributed by atoms with Crippen LogP contribution in [0, 0.1) is 24.0 Å². The molecule has 0 atom stereocenters. The third-order valence-corrected chi connectivity index (χ3v) is 4.53. The van der Waals surface area contributed by atoms with E-state index >= 15 is 0 Å². The predicted octanol–water partition coefficient (Wildman–Crippen LogP) is 3.26. The number of nitrogens with one attached hydrogen (secondary N) is 2. The normalized spacial score (nSPS) is 11.3. The molecular formula is C21H24N6O2. The lowest BCUT2D eigenvalue weighted by Crippen LogP contribution is -2.36. The lowest BCUT2D eigenvalue weighted by atomic mass is 10.1. The highest BCUT2D eigenvalue weighted by Gasteiger charge is 2.13. The van der Waals surface area contributed by atoms with Crippen LogP contribution in [0.1, 0.15) is 22.5 Å². The Balaban J connectivity index is 1.70. The molecule has 0 amide bonds. The number of nitro groups is 1. The first kappa shape index (κ1) is 20.1. The summed E-state index contributed by atoms with van der Waals surface area (Å²) < 4.78 is 1.93. The van der Waals surface area contributed by atoms with E-state index in [1.54, 1.807) is 25.2 Å². The molecule has 8 heteroatoms. The van der Waals surface area contributed by atoms with Crippen LogP contribution in [0.25, 0.3) is 5.69 Å². The fourth-order valence-electron chi connectivity index (χ4n) is 3.16. The SMILES string of the molecule is CN=C(NCc1ccccc1-n1nc(C)cc1C)NCc1ccccc1[N+](=O)[O-]. The average Bonchev–Trinajstić information content (AvgIpc) is 3.06. The summed E-state index contributed by atoms with van der Waals surface area (Å²) in [6.07, 6.45) is 0. The van der Waals surface area contributed by atoms with Crippen molar-refractivity contribution >= 4 is 11.6 Å². The van der Waals surface area contributed by atoms with E-state index in [0.29, 0.717) is 24.6 Å². The monoisotopic (exact) mass is 392 g/mol. The second kappa shape index (κ2) is 9.01. The van der Waals surface area contributed by atoms with Gasteiger partial charge in [0.1, 0.15) is 0 Å². The van der Waals surface area contributed by atoms with E-state index in [1.807, 2.05) is 48.9 Å².